The summed E-state index contributed by atoms with van der Waals surface area (Å²) >= 11 is 0.851. The Labute approximate surface area is 70.2 Å². The molecule has 0 aliphatic rings. The molecule has 0 aromatic heterocycles. The van der Waals surface area contributed by atoms with Gasteiger partial charge in [0.2, 0.25) is 5.50 Å². The van der Waals surface area contributed by atoms with Crippen LogP contribution in [0.4, 0.5) is 4.39 Å². The van der Waals surface area contributed by atoms with Crippen LogP contribution >= 0.6 is 11.8 Å². The van der Waals surface area contributed by atoms with Crippen LogP contribution in [0.3, 0.4) is 0 Å². The summed E-state index contributed by atoms with van der Waals surface area (Å²) in [6, 6.07) is 0. The van der Waals surface area contributed by atoms with Crippen molar-refractivity contribution in [3.05, 3.63) is 0 Å². The van der Waals surface area contributed by atoms with E-state index in [0.29, 0.717) is 11.7 Å². The van der Waals surface area contributed by atoms with Crippen molar-refractivity contribution in [2.24, 2.45) is 5.92 Å². The minimum atomic E-state index is -1.76. The fourth-order valence-electron chi connectivity index (χ4n) is 0.438. The maximum Gasteiger partial charge on any atom is 0.348 e. The van der Waals surface area contributed by atoms with Crippen molar-refractivity contribution in [3.63, 3.8) is 0 Å². The number of carboxylic acid groups (broad SMARTS) is 1. The van der Waals surface area contributed by atoms with Gasteiger partial charge in [0.1, 0.15) is 0 Å². The molecule has 2 unspecified atom stereocenters. The highest BCUT2D eigenvalue weighted by Crippen LogP contribution is 2.17. The fourth-order valence-corrected chi connectivity index (χ4v) is 1.31. The smallest absolute Gasteiger partial charge is 0.348 e. The molecule has 0 rings (SSSR count). The van der Waals surface area contributed by atoms with Gasteiger partial charge >= 0.3 is 5.97 Å². The molecule has 0 bridgehead atoms. The maximum absolute atomic E-state index is 12.4. The Balaban J connectivity index is 3.45. The Morgan fingerprint density at radius 3 is 2.64 bits per heavy atom. The van der Waals surface area contributed by atoms with E-state index < -0.39 is 11.5 Å². The van der Waals surface area contributed by atoms with Crippen molar-refractivity contribution in [1.29, 1.82) is 0 Å². The average Bonchev–Trinajstić information content (AvgIpc) is 1.99. The monoisotopic (exact) mass is 180 g/mol. The Hall–Kier alpha value is -0.250. The van der Waals surface area contributed by atoms with E-state index in [1.165, 1.54) is 0 Å². The van der Waals surface area contributed by atoms with Crippen LogP contribution in [0.1, 0.15) is 20.3 Å². The first-order chi connectivity index (χ1) is 5.07. The van der Waals surface area contributed by atoms with E-state index in [9.17, 15) is 9.18 Å². The molecule has 2 atom stereocenters. The van der Waals surface area contributed by atoms with E-state index in [1.807, 2.05) is 13.8 Å². The fraction of sp³-hybridized carbons (Fsp3) is 0.857. The molecule has 0 radical (unpaired) electrons. The summed E-state index contributed by atoms with van der Waals surface area (Å²) in [5.74, 6) is -0.417. The van der Waals surface area contributed by atoms with Gasteiger partial charge in [-0.25, -0.2) is 9.18 Å². The minimum absolute atomic E-state index is 0.387. The Kier molecular flexibility index (Phi) is 5.28. The SMILES string of the molecule is CCC(C)CSC(F)C(=O)O. The second-order valence-electron chi connectivity index (χ2n) is 2.50. The highest BCUT2D eigenvalue weighted by molar-refractivity contribution is 8.00. The zero-order chi connectivity index (χ0) is 8.85. The largest absolute Gasteiger partial charge is 0.478 e. The second kappa shape index (κ2) is 5.41. The first kappa shape index (κ1) is 10.8. The maximum atomic E-state index is 12.4. The van der Waals surface area contributed by atoms with E-state index in [-0.39, 0.29) is 0 Å². The Bertz CT molecular complexity index is 130. The molecule has 0 saturated heterocycles. The highest BCUT2D eigenvalue weighted by Gasteiger charge is 2.16. The van der Waals surface area contributed by atoms with E-state index >= 15 is 0 Å². The summed E-state index contributed by atoms with van der Waals surface area (Å²) in [7, 11) is 0. The third-order valence-corrected chi connectivity index (χ3v) is 2.67. The molecule has 4 heteroatoms. The summed E-state index contributed by atoms with van der Waals surface area (Å²) in [6.45, 7) is 3.97. The lowest BCUT2D eigenvalue weighted by Gasteiger charge is -2.07. The number of hydrogen-bond donors (Lipinski definition) is 1. The molecular formula is C7H13FO2S. The van der Waals surface area contributed by atoms with Gasteiger partial charge in [-0.15, -0.1) is 11.8 Å². The molecule has 0 spiro atoms. The lowest BCUT2D eigenvalue weighted by molar-refractivity contribution is -0.139. The van der Waals surface area contributed by atoms with Crippen molar-refractivity contribution >= 4 is 17.7 Å². The highest BCUT2D eigenvalue weighted by atomic mass is 32.2. The summed E-state index contributed by atoms with van der Waals surface area (Å²) in [4.78, 5) is 10.0. The molecule has 11 heavy (non-hydrogen) atoms. The quantitative estimate of drug-likeness (QED) is 0.704. The molecule has 0 aliphatic heterocycles. The van der Waals surface area contributed by atoms with Gasteiger partial charge in [0.15, 0.2) is 0 Å². The number of hydrogen-bond acceptors (Lipinski definition) is 2. The van der Waals surface area contributed by atoms with Crippen LogP contribution < -0.4 is 0 Å². The molecule has 1 N–H and O–H groups in total. The van der Waals surface area contributed by atoms with E-state index in [4.69, 9.17) is 5.11 Å². The van der Waals surface area contributed by atoms with Crippen LogP contribution in [-0.4, -0.2) is 22.3 Å². The number of thioether (sulfide) groups is 1. The molecule has 2 nitrogen and oxygen atoms in total. The predicted octanol–water partition coefficient (Wildman–Crippen LogP) is 2.15. The van der Waals surface area contributed by atoms with E-state index in [1.54, 1.807) is 0 Å². The van der Waals surface area contributed by atoms with Crippen molar-refractivity contribution in [2.75, 3.05) is 5.75 Å². The van der Waals surface area contributed by atoms with Gasteiger partial charge in [0.25, 0.3) is 0 Å². The number of halogens is 1. The van der Waals surface area contributed by atoms with Crippen molar-refractivity contribution in [1.82, 2.24) is 0 Å². The van der Waals surface area contributed by atoms with Gasteiger partial charge in [-0.2, -0.15) is 0 Å². The van der Waals surface area contributed by atoms with Gasteiger partial charge in [-0.3, -0.25) is 0 Å². The molecular weight excluding hydrogens is 167 g/mol. The average molecular weight is 180 g/mol. The summed E-state index contributed by atoms with van der Waals surface area (Å²) in [6.07, 6.45) is 0.958. The van der Waals surface area contributed by atoms with Crippen molar-refractivity contribution in [3.8, 4) is 0 Å². The Morgan fingerprint density at radius 1 is 1.73 bits per heavy atom. The van der Waals surface area contributed by atoms with Crippen molar-refractivity contribution < 1.29 is 14.3 Å². The van der Waals surface area contributed by atoms with Crippen LogP contribution in [-0.2, 0) is 4.79 Å². The van der Waals surface area contributed by atoms with Gasteiger partial charge in [-0.05, 0) is 11.7 Å². The van der Waals surface area contributed by atoms with E-state index in [0.717, 1.165) is 18.2 Å². The van der Waals surface area contributed by atoms with Gasteiger partial charge < -0.3 is 5.11 Å². The second-order valence-corrected chi connectivity index (χ2v) is 3.58. The summed E-state index contributed by atoms with van der Waals surface area (Å²) in [5.41, 5.74) is -1.76. The lowest BCUT2D eigenvalue weighted by Crippen LogP contribution is -2.12. The van der Waals surface area contributed by atoms with Crippen LogP contribution in [0.5, 0.6) is 0 Å². The van der Waals surface area contributed by atoms with Crippen LogP contribution in [0, 0.1) is 5.92 Å². The first-order valence-corrected chi connectivity index (χ1v) is 4.61. The van der Waals surface area contributed by atoms with E-state index in [2.05, 4.69) is 0 Å². The third kappa shape index (κ3) is 5.07. The lowest BCUT2D eigenvalue weighted by atomic mass is 10.2. The molecule has 0 fully saturated rings. The predicted molar refractivity (Wildman–Crippen MR) is 44.4 cm³/mol. The van der Waals surface area contributed by atoms with Crippen LogP contribution in [0.25, 0.3) is 0 Å². The van der Waals surface area contributed by atoms with Gasteiger partial charge in [-0.1, -0.05) is 20.3 Å². The standard InChI is InChI=1S/C7H13FO2S/c1-3-5(2)4-11-6(8)7(9)10/h5-6H,3-4H2,1-2H3,(H,9,10). The third-order valence-electron chi connectivity index (χ3n) is 1.42. The molecule has 66 valence electrons. The molecule has 0 amide bonds. The number of carboxylic acids is 1. The number of rotatable bonds is 5. The van der Waals surface area contributed by atoms with Gasteiger partial charge in [0.05, 0.1) is 0 Å². The zero-order valence-electron chi connectivity index (χ0n) is 6.71. The number of alkyl halides is 1. The molecule has 0 heterocycles. The summed E-state index contributed by atoms with van der Waals surface area (Å²) < 4.78 is 12.4. The molecule has 0 aliphatic carbocycles. The van der Waals surface area contributed by atoms with Gasteiger partial charge in [0, 0.05) is 0 Å². The minimum Gasteiger partial charge on any atom is -0.478 e. The zero-order valence-corrected chi connectivity index (χ0v) is 7.53. The number of carbonyl (C=O) groups is 1. The summed E-state index contributed by atoms with van der Waals surface area (Å²) in [5, 5.41) is 8.17. The molecule has 0 aromatic rings. The van der Waals surface area contributed by atoms with Crippen LogP contribution in [0.2, 0.25) is 0 Å². The number of aliphatic carboxylic acids is 1. The first-order valence-electron chi connectivity index (χ1n) is 3.56. The topological polar surface area (TPSA) is 37.3 Å². The normalized spacial score (nSPS) is 15.9. The van der Waals surface area contributed by atoms with Crippen LogP contribution in [0.15, 0.2) is 0 Å². The molecule has 0 aromatic carbocycles. The Morgan fingerprint density at radius 2 is 2.27 bits per heavy atom. The molecule has 0 saturated carbocycles. The van der Waals surface area contributed by atoms with Crippen molar-refractivity contribution in [2.45, 2.75) is 25.8 Å².